The van der Waals surface area contributed by atoms with Gasteiger partial charge in [0.1, 0.15) is 17.7 Å². The Morgan fingerprint density at radius 1 is 1.00 bits per heavy atom. The van der Waals surface area contributed by atoms with Gasteiger partial charge in [0.2, 0.25) is 5.75 Å². The van der Waals surface area contributed by atoms with E-state index in [1.165, 1.54) is 12.1 Å². The molecular weight excluding hydrogens is 377 g/mol. The first-order valence-corrected chi connectivity index (χ1v) is 9.16. The Bertz CT molecular complexity index is 787. The summed E-state index contributed by atoms with van der Waals surface area (Å²) in [6.07, 6.45) is -0.139. The van der Waals surface area contributed by atoms with Crippen LogP contribution in [-0.4, -0.2) is 47.0 Å². The summed E-state index contributed by atoms with van der Waals surface area (Å²) >= 11 is 0. The molecule has 0 aromatic heterocycles. The molecule has 158 valence electrons. The summed E-state index contributed by atoms with van der Waals surface area (Å²) in [5.74, 6) is 2.67. The number of guanidine groups is 1. The highest BCUT2D eigenvalue weighted by Crippen LogP contribution is 2.38. The molecule has 0 radical (unpaired) electrons. The van der Waals surface area contributed by atoms with E-state index in [1.807, 2.05) is 19.1 Å². The van der Waals surface area contributed by atoms with Crippen molar-refractivity contribution in [3.05, 3.63) is 47.8 Å². The predicted octanol–water partition coefficient (Wildman–Crippen LogP) is 2.98. The maximum atomic E-state index is 13.0. The summed E-state index contributed by atoms with van der Waals surface area (Å²) in [6.45, 7) is 2.94. The van der Waals surface area contributed by atoms with Crippen LogP contribution in [0.4, 0.5) is 4.39 Å². The molecule has 2 rings (SSSR count). The van der Waals surface area contributed by atoms with Gasteiger partial charge in [0, 0.05) is 13.6 Å². The number of nitrogens with zero attached hydrogens (tertiary/aromatic N) is 1. The molecule has 0 heterocycles. The fourth-order valence-electron chi connectivity index (χ4n) is 2.67. The van der Waals surface area contributed by atoms with Gasteiger partial charge in [0.25, 0.3) is 0 Å². The van der Waals surface area contributed by atoms with E-state index >= 15 is 0 Å². The highest BCUT2D eigenvalue weighted by molar-refractivity contribution is 5.79. The lowest BCUT2D eigenvalue weighted by molar-refractivity contribution is 0.223. The lowest BCUT2D eigenvalue weighted by Crippen LogP contribution is -2.41. The van der Waals surface area contributed by atoms with Crippen LogP contribution in [0.1, 0.15) is 12.5 Å². The second kappa shape index (κ2) is 11.0. The average Bonchev–Trinajstić information content (AvgIpc) is 2.74. The van der Waals surface area contributed by atoms with Gasteiger partial charge in [-0.15, -0.1) is 0 Å². The Labute approximate surface area is 170 Å². The van der Waals surface area contributed by atoms with E-state index in [4.69, 9.17) is 18.9 Å². The molecule has 0 fully saturated rings. The zero-order valence-electron chi connectivity index (χ0n) is 17.4. The Morgan fingerprint density at radius 2 is 1.62 bits per heavy atom. The van der Waals surface area contributed by atoms with Crippen molar-refractivity contribution in [1.82, 2.24) is 10.6 Å². The first-order valence-electron chi connectivity index (χ1n) is 9.16. The maximum Gasteiger partial charge on any atom is 0.203 e. The zero-order valence-corrected chi connectivity index (χ0v) is 17.4. The minimum absolute atomic E-state index is 0.139. The summed E-state index contributed by atoms with van der Waals surface area (Å²) in [7, 11) is 6.42. The molecule has 8 heteroatoms. The second-order valence-corrected chi connectivity index (χ2v) is 6.22. The van der Waals surface area contributed by atoms with E-state index in [0.717, 1.165) is 5.56 Å². The van der Waals surface area contributed by atoms with E-state index in [2.05, 4.69) is 15.6 Å². The number of benzene rings is 2. The fraction of sp³-hybridized carbons (Fsp3) is 0.381. The van der Waals surface area contributed by atoms with E-state index < -0.39 is 0 Å². The zero-order chi connectivity index (χ0) is 21.2. The van der Waals surface area contributed by atoms with Crippen LogP contribution in [0.5, 0.6) is 23.0 Å². The molecule has 0 spiro atoms. The van der Waals surface area contributed by atoms with Gasteiger partial charge in [0.05, 0.1) is 27.9 Å². The van der Waals surface area contributed by atoms with Crippen molar-refractivity contribution < 1.29 is 23.3 Å². The quantitative estimate of drug-likeness (QED) is 0.494. The van der Waals surface area contributed by atoms with Crippen LogP contribution in [0.2, 0.25) is 0 Å². The van der Waals surface area contributed by atoms with Crippen LogP contribution in [-0.2, 0) is 6.54 Å². The minimum Gasteiger partial charge on any atom is -0.493 e. The Balaban J connectivity index is 1.91. The topological polar surface area (TPSA) is 73.3 Å². The van der Waals surface area contributed by atoms with Gasteiger partial charge in [-0.1, -0.05) is 0 Å². The average molecular weight is 405 g/mol. The highest BCUT2D eigenvalue weighted by atomic mass is 19.1. The molecule has 0 aliphatic rings. The molecular formula is C21H28FN3O4. The number of hydrogen-bond donors (Lipinski definition) is 2. The van der Waals surface area contributed by atoms with Gasteiger partial charge in [0.15, 0.2) is 17.5 Å². The standard InChI is InChI=1S/C21H28FN3O4/c1-14(29-17-8-6-16(22)7-9-17)12-24-21(23-2)25-13-15-10-18(26-3)20(28-5)19(11-15)27-4/h6-11,14H,12-13H2,1-5H3,(H2,23,24,25). The lowest BCUT2D eigenvalue weighted by Gasteiger charge is -2.18. The van der Waals surface area contributed by atoms with Crippen molar-refractivity contribution in [1.29, 1.82) is 0 Å². The third kappa shape index (κ3) is 6.44. The molecule has 0 saturated heterocycles. The number of aliphatic imine (C=N–C) groups is 1. The normalized spacial score (nSPS) is 12.1. The molecule has 29 heavy (non-hydrogen) atoms. The Hall–Kier alpha value is -3.16. The van der Waals surface area contributed by atoms with Crippen molar-refractivity contribution >= 4 is 5.96 Å². The van der Waals surface area contributed by atoms with Gasteiger partial charge >= 0.3 is 0 Å². The van der Waals surface area contributed by atoms with Crippen LogP contribution >= 0.6 is 0 Å². The molecule has 2 N–H and O–H groups in total. The van der Waals surface area contributed by atoms with Crippen molar-refractivity contribution in [2.45, 2.75) is 19.6 Å². The molecule has 1 atom stereocenters. The number of nitrogens with one attached hydrogen (secondary N) is 2. The van der Waals surface area contributed by atoms with Gasteiger partial charge in [-0.25, -0.2) is 4.39 Å². The van der Waals surface area contributed by atoms with Gasteiger partial charge in [-0.3, -0.25) is 4.99 Å². The molecule has 0 amide bonds. The van der Waals surface area contributed by atoms with Gasteiger partial charge in [-0.2, -0.15) is 0 Å². The van der Waals surface area contributed by atoms with E-state index in [1.54, 1.807) is 40.5 Å². The third-order valence-corrected chi connectivity index (χ3v) is 4.12. The molecule has 0 aliphatic heterocycles. The first-order chi connectivity index (χ1) is 14.0. The number of hydrogen-bond acceptors (Lipinski definition) is 5. The highest BCUT2D eigenvalue weighted by Gasteiger charge is 2.13. The molecule has 0 saturated carbocycles. The number of halogens is 1. The van der Waals surface area contributed by atoms with Gasteiger partial charge < -0.3 is 29.6 Å². The smallest absolute Gasteiger partial charge is 0.203 e. The summed E-state index contributed by atoms with van der Waals surface area (Å²) in [5.41, 5.74) is 0.943. The SMILES string of the molecule is CN=C(NCc1cc(OC)c(OC)c(OC)c1)NCC(C)Oc1ccc(F)cc1. The van der Waals surface area contributed by atoms with Crippen LogP contribution in [0.15, 0.2) is 41.4 Å². The number of rotatable bonds is 9. The van der Waals surface area contributed by atoms with Crippen LogP contribution in [0.25, 0.3) is 0 Å². The molecule has 0 bridgehead atoms. The van der Waals surface area contributed by atoms with E-state index in [-0.39, 0.29) is 11.9 Å². The first kappa shape index (κ1) is 22.1. The fourth-order valence-corrected chi connectivity index (χ4v) is 2.67. The van der Waals surface area contributed by atoms with E-state index in [0.29, 0.717) is 42.0 Å². The van der Waals surface area contributed by atoms with Gasteiger partial charge in [-0.05, 0) is 48.9 Å². The predicted molar refractivity (Wildman–Crippen MR) is 111 cm³/mol. The third-order valence-electron chi connectivity index (χ3n) is 4.12. The Kier molecular flexibility index (Phi) is 8.39. The lowest BCUT2D eigenvalue weighted by atomic mass is 10.2. The largest absolute Gasteiger partial charge is 0.493 e. The van der Waals surface area contributed by atoms with Crippen molar-refractivity contribution in [2.75, 3.05) is 34.9 Å². The summed E-state index contributed by atoms with van der Waals surface area (Å²) in [5, 5.41) is 6.44. The van der Waals surface area contributed by atoms with Crippen LogP contribution < -0.4 is 29.6 Å². The molecule has 1 unspecified atom stereocenters. The second-order valence-electron chi connectivity index (χ2n) is 6.22. The number of ether oxygens (including phenoxy) is 4. The number of methoxy groups -OCH3 is 3. The Morgan fingerprint density at radius 3 is 2.14 bits per heavy atom. The van der Waals surface area contributed by atoms with Crippen molar-refractivity contribution in [2.24, 2.45) is 4.99 Å². The maximum absolute atomic E-state index is 13.0. The van der Waals surface area contributed by atoms with E-state index in [9.17, 15) is 4.39 Å². The molecule has 7 nitrogen and oxygen atoms in total. The summed E-state index contributed by atoms with van der Waals surface area (Å²) < 4.78 is 34.8. The summed E-state index contributed by atoms with van der Waals surface area (Å²) in [4.78, 5) is 4.21. The summed E-state index contributed by atoms with van der Waals surface area (Å²) in [6, 6.07) is 9.69. The minimum atomic E-state index is -0.292. The van der Waals surface area contributed by atoms with Crippen molar-refractivity contribution in [3.63, 3.8) is 0 Å². The van der Waals surface area contributed by atoms with Crippen LogP contribution in [0, 0.1) is 5.82 Å². The molecule has 2 aromatic carbocycles. The molecule has 2 aromatic rings. The molecule has 0 aliphatic carbocycles. The van der Waals surface area contributed by atoms with Crippen molar-refractivity contribution in [3.8, 4) is 23.0 Å². The van der Waals surface area contributed by atoms with Crippen LogP contribution in [0.3, 0.4) is 0 Å². The monoisotopic (exact) mass is 405 g/mol.